The molecule has 0 aliphatic carbocycles. The van der Waals surface area contributed by atoms with Crippen molar-refractivity contribution in [1.29, 1.82) is 0 Å². The normalized spacial score (nSPS) is 11.4. The van der Waals surface area contributed by atoms with Crippen LogP contribution in [0.4, 0.5) is 5.95 Å². The summed E-state index contributed by atoms with van der Waals surface area (Å²) in [7, 11) is 1.62. The quantitative estimate of drug-likeness (QED) is 0.667. The Balaban J connectivity index is 2.50. The van der Waals surface area contributed by atoms with Gasteiger partial charge in [0.05, 0.1) is 7.05 Å². The molecule has 0 spiro atoms. The van der Waals surface area contributed by atoms with Gasteiger partial charge < -0.3 is 5.73 Å². The summed E-state index contributed by atoms with van der Waals surface area (Å²) in [6, 6.07) is 0. The number of aryl methyl sites for hydroxylation is 1. The molecule has 0 saturated carbocycles. The van der Waals surface area contributed by atoms with Crippen LogP contribution in [-0.4, -0.2) is 31.7 Å². The van der Waals surface area contributed by atoms with Crippen LogP contribution in [0.5, 0.6) is 0 Å². The molecule has 1 aromatic heterocycles. The van der Waals surface area contributed by atoms with Crippen LogP contribution in [0.1, 0.15) is 20.3 Å². The van der Waals surface area contributed by atoms with Gasteiger partial charge in [-0.25, -0.2) is 0 Å². The SMILES string of the molecule is Cn1nnc(NC(=O)CC(C)(C)N)n1. The first-order valence-electron chi connectivity index (χ1n) is 4.19. The molecule has 3 N–H and O–H groups in total. The molecule has 0 atom stereocenters. The van der Waals surface area contributed by atoms with Gasteiger partial charge in [0.25, 0.3) is 5.95 Å². The number of tetrazole rings is 1. The molecule has 7 nitrogen and oxygen atoms in total. The topological polar surface area (TPSA) is 98.7 Å². The van der Waals surface area contributed by atoms with E-state index >= 15 is 0 Å². The van der Waals surface area contributed by atoms with Crippen molar-refractivity contribution in [2.45, 2.75) is 25.8 Å². The number of carbonyl (C=O) groups excluding carboxylic acids is 1. The second-order valence-electron chi connectivity index (χ2n) is 3.82. The molecule has 0 aliphatic rings. The van der Waals surface area contributed by atoms with Gasteiger partial charge >= 0.3 is 0 Å². The van der Waals surface area contributed by atoms with Crippen molar-refractivity contribution < 1.29 is 4.79 Å². The van der Waals surface area contributed by atoms with Crippen LogP contribution in [0.25, 0.3) is 0 Å². The third kappa shape index (κ3) is 3.48. The average molecular weight is 198 g/mol. The van der Waals surface area contributed by atoms with Crippen LogP contribution in [0.3, 0.4) is 0 Å². The van der Waals surface area contributed by atoms with Gasteiger partial charge in [0, 0.05) is 12.0 Å². The molecule has 0 fully saturated rings. The Kier molecular flexibility index (Phi) is 2.80. The molecule has 78 valence electrons. The number of aromatic nitrogens is 4. The number of amides is 1. The van der Waals surface area contributed by atoms with E-state index in [9.17, 15) is 4.79 Å². The predicted molar refractivity (Wildman–Crippen MR) is 50.3 cm³/mol. The number of nitrogens with one attached hydrogen (secondary N) is 1. The van der Waals surface area contributed by atoms with E-state index in [4.69, 9.17) is 5.73 Å². The summed E-state index contributed by atoms with van der Waals surface area (Å²) in [5, 5.41) is 13.5. The van der Waals surface area contributed by atoms with Gasteiger partial charge in [0.1, 0.15) is 0 Å². The van der Waals surface area contributed by atoms with Gasteiger partial charge in [-0.15, -0.1) is 5.10 Å². The first-order valence-corrected chi connectivity index (χ1v) is 4.19. The molecule has 0 saturated heterocycles. The summed E-state index contributed by atoms with van der Waals surface area (Å²) in [5.74, 6) is -0.0211. The van der Waals surface area contributed by atoms with Crippen LogP contribution < -0.4 is 11.1 Å². The fourth-order valence-electron chi connectivity index (χ4n) is 0.917. The number of nitrogens with two attached hydrogens (primary N) is 1. The molecule has 1 amide bonds. The first kappa shape index (κ1) is 10.6. The molecule has 0 aliphatic heterocycles. The summed E-state index contributed by atoms with van der Waals surface area (Å²) in [6.45, 7) is 3.55. The first-order chi connectivity index (χ1) is 6.37. The lowest BCUT2D eigenvalue weighted by molar-refractivity contribution is -0.117. The number of carbonyl (C=O) groups is 1. The predicted octanol–water partition coefficient (Wildman–Crippen LogP) is -0.724. The summed E-state index contributed by atoms with van der Waals surface area (Å²) >= 11 is 0. The van der Waals surface area contributed by atoms with Crippen molar-refractivity contribution in [2.24, 2.45) is 12.8 Å². The third-order valence-corrected chi connectivity index (χ3v) is 1.38. The zero-order valence-electron chi connectivity index (χ0n) is 8.48. The number of hydrogen-bond acceptors (Lipinski definition) is 5. The van der Waals surface area contributed by atoms with Crippen LogP contribution >= 0.6 is 0 Å². The molecule has 1 aromatic rings. The molecule has 1 heterocycles. The van der Waals surface area contributed by atoms with Crippen molar-refractivity contribution in [3.05, 3.63) is 0 Å². The van der Waals surface area contributed by atoms with Crippen molar-refractivity contribution >= 4 is 11.9 Å². The Labute approximate surface area is 81.7 Å². The maximum absolute atomic E-state index is 11.3. The lowest BCUT2D eigenvalue weighted by Crippen LogP contribution is -2.36. The Morgan fingerprint density at radius 2 is 2.29 bits per heavy atom. The zero-order valence-corrected chi connectivity index (χ0v) is 8.48. The minimum Gasteiger partial charge on any atom is -0.325 e. The van der Waals surface area contributed by atoms with Crippen molar-refractivity contribution in [3.63, 3.8) is 0 Å². The second-order valence-corrected chi connectivity index (χ2v) is 3.82. The van der Waals surface area contributed by atoms with E-state index < -0.39 is 5.54 Å². The molecule has 1 rings (SSSR count). The maximum atomic E-state index is 11.3. The van der Waals surface area contributed by atoms with Crippen LogP contribution in [0.15, 0.2) is 0 Å². The van der Waals surface area contributed by atoms with Gasteiger partial charge in [-0.2, -0.15) is 4.80 Å². The van der Waals surface area contributed by atoms with Gasteiger partial charge in [-0.05, 0) is 19.1 Å². The van der Waals surface area contributed by atoms with Gasteiger partial charge in [0.2, 0.25) is 5.91 Å². The lowest BCUT2D eigenvalue weighted by atomic mass is 10.0. The molecule has 0 bridgehead atoms. The maximum Gasteiger partial charge on any atom is 0.270 e. The highest BCUT2D eigenvalue weighted by molar-refractivity contribution is 5.89. The van der Waals surface area contributed by atoms with E-state index in [-0.39, 0.29) is 18.3 Å². The lowest BCUT2D eigenvalue weighted by Gasteiger charge is -2.16. The summed E-state index contributed by atoms with van der Waals surface area (Å²) in [5.41, 5.74) is 5.14. The molecule has 14 heavy (non-hydrogen) atoms. The van der Waals surface area contributed by atoms with E-state index in [1.807, 2.05) is 0 Å². The van der Waals surface area contributed by atoms with E-state index in [2.05, 4.69) is 20.7 Å². The summed E-state index contributed by atoms with van der Waals surface area (Å²) < 4.78 is 0. The van der Waals surface area contributed by atoms with Crippen LogP contribution in [-0.2, 0) is 11.8 Å². The standard InChI is InChI=1S/C7H14N6O/c1-7(2,8)4-5(14)9-6-10-12-13(3)11-6/h4,8H2,1-3H3,(H,9,11,14). The minimum atomic E-state index is -0.535. The Morgan fingerprint density at radius 1 is 1.64 bits per heavy atom. The van der Waals surface area contributed by atoms with E-state index in [1.165, 1.54) is 4.80 Å². The second kappa shape index (κ2) is 3.70. The third-order valence-electron chi connectivity index (χ3n) is 1.38. The highest BCUT2D eigenvalue weighted by Gasteiger charge is 2.17. The molecular formula is C7H14N6O. The molecule has 0 radical (unpaired) electrons. The van der Waals surface area contributed by atoms with E-state index in [1.54, 1.807) is 20.9 Å². The fourth-order valence-corrected chi connectivity index (χ4v) is 0.917. The van der Waals surface area contributed by atoms with Crippen molar-refractivity contribution in [2.75, 3.05) is 5.32 Å². The van der Waals surface area contributed by atoms with Crippen LogP contribution in [0.2, 0.25) is 0 Å². The van der Waals surface area contributed by atoms with Crippen molar-refractivity contribution in [1.82, 2.24) is 20.2 Å². The van der Waals surface area contributed by atoms with Crippen molar-refractivity contribution in [3.8, 4) is 0 Å². The highest BCUT2D eigenvalue weighted by atomic mass is 16.1. The fraction of sp³-hybridized carbons (Fsp3) is 0.714. The van der Waals surface area contributed by atoms with Crippen LogP contribution in [0, 0.1) is 0 Å². The summed E-state index contributed by atoms with van der Waals surface area (Å²) in [4.78, 5) is 12.6. The molecule has 7 heteroatoms. The Bertz CT molecular complexity index is 325. The number of nitrogens with zero attached hydrogens (tertiary/aromatic N) is 4. The van der Waals surface area contributed by atoms with Gasteiger partial charge in [0.15, 0.2) is 0 Å². The highest BCUT2D eigenvalue weighted by Crippen LogP contribution is 2.04. The largest absolute Gasteiger partial charge is 0.325 e. The van der Waals surface area contributed by atoms with Gasteiger partial charge in [-0.1, -0.05) is 5.10 Å². The summed E-state index contributed by atoms with van der Waals surface area (Å²) in [6.07, 6.45) is 0.214. The van der Waals surface area contributed by atoms with E-state index in [0.29, 0.717) is 0 Å². The minimum absolute atomic E-state index is 0.196. The average Bonchev–Trinajstić information content (AvgIpc) is 2.30. The molecule has 0 unspecified atom stereocenters. The molecule has 0 aromatic carbocycles. The Morgan fingerprint density at radius 3 is 2.71 bits per heavy atom. The van der Waals surface area contributed by atoms with Gasteiger partial charge in [-0.3, -0.25) is 10.1 Å². The number of hydrogen-bond donors (Lipinski definition) is 2. The zero-order chi connectivity index (χ0) is 10.8. The number of anilines is 1. The smallest absolute Gasteiger partial charge is 0.270 e. The Hall–Kier alpha value is -1.50. The molecular weight excluding hydrogens is 184 g/mol. The van der Waals surface area contributed by atoms with E-state index in [0.717, 1.165) is 0 Å². The number of rotatable bonds is 3. The monoisotopic (exact) mass is 198 g/mol.